The van der Waals surface area contributed by atoms with E-state index in [2.05, 4.69) is 22.4 Å². The molecule has 0 bridgehead atoms. The van der Waals surface area contributed by atoms with Gasteiger partial charge in [-0.2, -0.15) is 0 Å². The molecule has 3 aromatic rings. The first-order chi connectivity index (χ1) is 13.2. The number of benzene rings is 2. The van der Waals surface area contributed by atoms with Crippen LogP contribution in [0.2, 0.25) is 0 Å². The zero-order chi connectivity index (χ0) is 19.1. The van der Waals surface area contributed by atoms with Gasteiger partial charge in [-0.25, -0.2) is 0 Å². The summed E-state index contributed by atoms with van der Waals surface area (Å²) in [5.74, 6) is 1.94. The molecule has 0 atom stereocenters. The highest BCUT2D eigenvalue weighted by Crippen LogP contribution is 2.29. The second-order valence-electron chi connectivity index (χ2n) is 5.83. The quantitative estimate of drug-likeness (QED) is 0.421. The number of rotatable bonds is 9. The first-order valence-electron chi connectivity index (χ1n) is 9.09. The number of aromatic amines is 1. The monoisotopic (exact) mass is 384 g/mol. The van der Waals surface area contributed by atoms with E-state index in [1.807, 2.05) is 32.2 Å². The molecule has 1 heterocycles. The van der Waals surface area contributed by atoms with E-state index in [1.54, 1.807) is 30.0 Å². The third-order valence-corrected chi connectivity index (χ3v) is 5.06. The molecule has 6 heteroatoms. The summed E-state index contributed by atoms with van der Waals surface area (Å²) < 4.78 is 11.1. The molecule has 0 aliphatic rings. The second kappa shape index (κ2) is 9.37. The van der Waals surface area contributed by atoms with Crippen LogP contribution in [0.3, 0.4) is 0 Å². The van der Waals surface area contributed by atoms with Gasteiger partial charge in [0, 0.05) is 39.9 Å². The summed E-state index contributed by atoms with van der Waals surface area (Å²) in [6.45, 7) is 5.48. The zero-order valence-electron chi connectivity index (χ0n) is 15.6. The Morgan fingerprint density at radius 3 is 2.67 bits per heavy atom. The van der Waals surface area contributed by atoms with Crippen molar-refractivity contribution in [2.24, 2.45) is 0 Å². The maximum absolute atomic E-state index is 12.4. The molecule has 0 unspecified atom stereocenters. The predicted molar refractivity (Wildman–Crippen MR) is 110 cm³/mol. The van der Waals surface area contributed by atoms with Gasteiger partial charge in [-0.05, 0) is 38.1 Å². The molecule has 0 saturated heterocycles. The summed E-state index contributed by atoms with van der Waals surface area (Å²) in [5, 5.41) is 4.17. The van der Waals surface area contributed by atoms with Crippen LogP contribution in [0.5, 0.6) is 11.5 Å². The minimum Gasteiger partial charge on any atom is -0.490 e. The zero-order valence-corrected chi connectivity index (χ0v) is 16.4. The average molecular weight is 385 g/mol. The number of carbonyl (C=O) groups is 1. The van der Waals surface area contributed by atoms with E-state index < -0.39 is 0 Å². The number of hydrogen-bond acceptors (Lipinski definition) is 4. The Kier molecular flexibility index (Phi) is 6.65. The van der Waals surface area contributed by atoms with E-state index in [9.17, 15) is 4.79 Å². The molecule has 1 aromatic heterocycles. The molecule has 27 heavy (non-hydrogen) atoms. The highest BCUT2D eigenvalue weighted by atomic mass is 32.2. The largest absolute Gasteiger partial charge is 0.490 e. The standard InChI is InChI=1S/C21H24N2O3S/c1-3-25-18-10-9-15(13-19(18)26-4-2)21(24)22-11-12-27-20-14-23-17-8-6-5-7-16(17)20/h5-10,13-14,23H,3-4,11-12H2,1-2H3,(H,22,24). The summed E-state index contributed by atoms with van der Waals surface area (Å²) in [4.78, 5) is 16.9. The van der Waals surface area contributed by atoms with E-state index >= 15 is 0 Å². The first kappa shape index (κ1) is 19.2. The highest BCUT2D eigenvalue weighted by Gasteiger charge is 2.11. The molecule has 2 N–H and O–H groups in total. The molecule has 2 aromatic carbocycles. The fourth-order valence-corrected chi connectivity index (χ4v) is 3.68. The SMILES string of the molecule is CCOc1ccc(C(=O)NCCSc2c[nH]c3ccccc23)cc1OCC. The number of ether oxygens (including phenoxy) is 2. The van der Waals surface area contributed by atoms with Gasteiger partial charge in [-0.1, -0.05) is 18.2 Å². The number of carbonyl (C=O) groups excluding carboxylic acids is 1. The lowest BCUT2D eigenvalue weighted by Gasteiger charge is -2.12. The number of nitrogens with one attached hydrogen (secondary N) is 2. The summed E-state index contributed by atoms with van der Waals surface area (Å²) in [6, 6.07) is 13.5. The fourth-order valence-electron chi connectivity index (χ4n) is 2.78. The highest BCUT2D eigenvalue weighted by molar-refractivity contribution is 7.99. The molecule has 142 valence electrons. The van der Waals surface area contributed by atoms with Crippen LogP contribution in [-0.2, 0) is 0 Å². The molecule has 0 aliphatic carbocycles. The molecule has 0 fully saturated rings. The van der Waals surface area contributed by atoms with Crippen LogP contribution in [-0.4, -0.2) is 36.4 Å². The van der Waals surface area contributed by atoms with Crippen LogP contribution >= 0.6 is 11.8 Å². The number of hydrogen-bond donors (Lipinski definition) is 2. The topological polar surface area (TPSA) is 63.3 Å². The molecule has 0 spiro atoms. The van der Waals surface area contributed by atoms with Gasteiger partial charge in [0.25, 0.3) is 5.91 Å². The first-order valence-corrected chi connectivity index (χ1v) is 10.1. The van der Waals surface area contributed by atoms with Crippen molar-refractivity contribution in [3.8, 4) is 11.5 Å². The van der Waals surface area contributed by atoms with Gasteiger partial charge in [-0.15, -0.1) is 11.8 Å². The summed E-state index contributed by atoms with van der Waals surface area (Å²) in [7, 11) is 0. The maximum Gasteiger partial charge on any atom is 0.251 e. The molecule has 0 saturated carbocycles. The maximum atomic E-state index is 12.4. The summed E-state index contributed by atoms with van der Waals surface area (Å²) in [5.41, 5.74) is 1.70. The van der Waals surface area contributed by atoms with E-state index in [1.165, 1.54) is 10.3 Å². The lowest BCUT2D eigenvalue weighted by Crippen LogP contribution is -2.25. The number of fused-ring (bicyclic) bond motifs is 1. The van der Waals surface area contributed by atoms with E-state index in [0.29, 0.717) is 36.8 Å². The van der Waals surface area contributed by atoms with Gasteiger partial charge in [0.05, 0.1) is 13.2 Å². The van der Waals surface area contributed by atoms with Gasteiger partial charge < -0.3 is 19.8 Å². The van der Waals surface area contributed by atoms with E-state index in [4.69, 9.17) is 9.47 Å². The van der Waals surface area contributed by atoms with Gasteiger partial charge in [0.15, 0.2) is 11.5 Å². The Morgan fingerprint density at radius 2 is 1.85 bits per heavy atom. The van der Waals surface area contributed by atoms with Crippen molar-refractivity contribution >= 4 is 28.6 Å². The van der Waals surface area contributed by atoms with Gasteiger partial charge in [0.1, 0.15) is 0 Å². The van der Waals surface area contributed by atoms with Crippen molar-refractivity contribution in [1.82, 2.24) is 10.3 Å². The second-order valence-corrected chi connectivity index (χ2v) is 6.97. The number of aromatic nitrogens is 1. The Labute approximate surface area is 163 Å². The Balaban J connectivity index is 1.55. The Morgan fingerprint density at radius 1 is 1.07 bits per heavy atom. The third-order valence-electron chi connectivity index (χ3n) is 4.00. The number of H-pyrrole nitrogens is 1. The number of thioether (sulfide) groups is 1. The van der Waals surface area contributed by atoms with Gasteiger partial charge in [-0.3, -0.25) is 4.79 Å². The minimum absolute atomic E-state index is 0.112. The van der Waals surface area contributed by atoms with E-state index in [-0.39, 0.29) is 5.91 Å². The average Bonchev–Trinajstić information content (AvgIpc) is 3.10. The molecule has 5 nitrogen and oxygen atoms in total. The lowest BCUT2D eigenvalue weighted by atomic mass is 10.2. The Hall–Kier alpha value is -2.60. The molecule has 3 rings (SSSR count). The molecule has 1 amide bonds. The van der Waals surface area contributed by atoms with Crippen molar-refractivity contribution in [3.63, 3.8) is 0 Å². The van der Waals surface area contributed by atoms with Gasteiger partial charge >= 0.3 is 0 Å². The molecular formula is C21H24N2O3S. The van der Waals surface area contributed by atoms with Crippen molar-refractivity contribution < 1.29 is 14.3 Å². The van der Waals surface area contributed by atoms with E-state index in [0.717, 1.165) is 11.3 Å². The van der Waals surface area contributed by atoms with Crippen LogP contribution in [0.25, 0.3) is 10.9 Å². The van der Waals surface area contributed by atoms with Gasteiger partial charge in [0.2, 0.25) is 0 Å². The predicted octanol–water partition coefficient (Wildman–Crippen LogP) is 4.49. The van der Waals surface area contributed by atoms with Crippen LogP contribution in [0.1, 0.15) is 24.2 Å². The molecule has 0 aliphatic heterocycles. The number of amides is 1. The fraction of sp³-hybridized carbons (Fsp3) is 0.286. The van der Waals surface area contributed by atoms with Crippen LogP contribution in [0, 0.1) is 0 Å². The van der Waals surface area contributed by atoms with Crippen molar-refractivity contribution in [2.45, 2.75) is 18.7 Å². The number of para-hydroxylation sites is 1. The Bertz CT molecular complexity index is 907. The van der Waals surface area contributed by atoms with Crippen LogP contribution in [0.4, 0.5) is 0 Å². The van der Waals surface area contributed by atoms with Crippen molar-refractivity contribution in [3.05, 3.63) is 54.2 Å². The molecular weight excluding hydrogens is 360 g/mol. The molecule has 0 radical (unpaired) electrons. The summed E-state index contributed by atoms with van der Waals surface area (Å²) >= 11 is 1.72. The third kappa shape index (κ3) is 4.77. The van der Waals surface area contributed by atoms with Crippen molar-refractivity contribution in [2.75, 3.05) is 25.5 Å². The smallest absolute Gasteiger partial charge is 0.251 e. The minimum atomic E-state index is -0.112. The van der Waals surface area contributed by atoms with Crippen molar-refractivity contribution in [1.29, 1.82) is 0 Å². The lowest BCUT2D eigenvalue weighted by molar-refractivity contribution is 0.0955. The normalized spacial score (nSPS) is 10.7. The summed E-state index contributed by atoms with van der Waals surface area (Å²) in [6.07, 6.45) is 2.01. The van der Waals surface area contributed by atoms with Crippen LogP contribution < -0.4 is 14.8 Å². The van der Waals surface area contributed by atoms with Crippen LogP contribution in [0.15, 0.2) is 53.6 Å².